The molecule has 3 aromatic carbocycles. The summed E-state index contributed by atoms with van der Waals surface area (Å²) < 4.78 is 76.4. The van der Waals surface area contributed by atoms with Crippen LogP contribution in [0.15, 0.2) is 59.1 Å². The molecule has 0 fully saturated rings. The number of anilines is 1. The van der Waals surface area contributed by atoms with Gasteiger partial charge in [-0.05, 0) is 83.7 Å². The van der Waals surface area contributed by atoms with E-state index in [0.717, 1.165) is 13.8 Å². The zero-order valence-electron chi connectivity index (χ0n) is 23.8. The first kappa shape index (κ1) is 35.0. The number of carbonyl (C=O) groups is 3. The number of nitrogens with one attached hydrogen (secondary N) is 1. The number of ketones is 2. The SMILES string of the molecule is COc1cc(NC(=O)c2cc(CC(=O)c3cc(CCC(=O)C(C)(C)C(F)(F)F)ccc3Cl)ccc2OCC(F)F)ccc1Br. The smallest absolute Gasteiger partial charge is 0.400 e. The first-order valence-electron chi connectivity index (χ1n) is 13.1. The van der Waals surface area contributed by atoms with E-state index in [0.29, 0.717) is 27.0 Å². The maximum atomic E-state index is 13.2. The average Bonchev–Trinajstić information content (AvgIpc) is 2.95. The molecule has 0 atom stereocenters. The van der Waals surface area contributed by atoms with Gasteiger partial charge in [0.2, 0.25) is 0 Å². The number of rotatable bonds is 13. The Hall–Kier alpha value is -3.51. The number of hydrogen-bond acceptors (Lipinski definition) is 5. The van der Waals surface area contributed by atoms with E-state index < -0.39 is 48.5 Å². The molecule has 0 aliphatic carbocycles. The molecule has 13 heteroatoms. The Labute approximate surface area is 264 Å². The van der Waals surface area contributed by atoms with Crippen LogP contribution >= 0.6 is 27.5 Å². The third-order valence-corrected chi connectivity index (χ3v) is 7.79. The second-order valence-corrected chi connectivity index (χ2v) is 11.6. The summed E-state index contributed by atoms with van der Waals surface area (Å²) in [5.41, 5.74) is -1.44. The zero-order chi connectivity index (χ0) is 32.8. The number of hydrogen-bond donors (Lipinski definition) is 1. The van der Waals surface area contributed by atoms with Crippen molar-refractivity contribution < 1.29 is 45.8 Å². The minimum Gasteiger partial charge on any atom is -0.495 e. The highest BCUT2D eigenvalue weighted by Crippen LogP contribution is 2.39. The molecule has 0 unspecified atom stereocenters. The number of aryl methyl sites for hydroxylation is 1. The third kappa shape index (κ3) is 8.78. The van der Waals surface area contributed by atoms with E-state index in [2.05, 4.69) is 21.2 Å². The van der Waals surface area contributed by atoms with Gasteiger partial charge < -0.3 is 14.8 Å². The van der Waals surface area contributed by atoms with Crippen molar-refractivity contribution >= 4 is 50.7 Å². The Morgan fingerprint density at radius 3 is 2.23 bits per heavy atom. The quantitative estimate of drug-likeness (QED) is 0.143. The largest absolute Gasteiger partial charge is 0.495 e. The lowest BCUT2D eigenvalue weighted by atomic mass is 9.84. The minimum absolute atomic E-state index is 0.0445. The van der Waals surface area contributed by atoms with E-state index in [1.54, 1.807) is 18.2 Å². The normalized spacial score (nSPS) is 11.8. The second-order valence-electron chi connectivity index (χ2n) is 10.3. The maximum Gasteiger partial charge on any atom is 0.400 e. The van der Waals surface area contributed by atoms with Gasteiger partial charge in [0, 0.05) is 30.2 Å². The number of ether oxygens (including phenoxy) is 2. The van der Waals surface area contributed by atoms with Crippen molar-refractivity contribution in [1.29, 1.82) is 0 Å². The van der Waals surface area contributed by atoms with Gasteiger partial charge in [-0.15, -0.1) is 0 Å². The number of methoxy groups -OCH3 is 1. The topological polar surface area (TPSA) is 81.7 Å². The highest BCUT2D eigenvalue weighted by atomic mass is 79.9. The van der Waals surface area contributed by atoms with Crippen molar-refractivity contribution in [2.24, 2.45) is 5.41 Å². The predicted molar refractivity (Wildman–Crippen MR) is 159 cm³/mol. The van der Waals surface area contributed by atoms with Crippen LogP contribution in [-0.4, -0.2) is 43.8 Å². The van der Waals surface area contributed by atoms with Crippen LogP contribution in [0.4, 0.5) is 27.6 Å². The lowest BCUT2D eigenvalue weighted by Gasteiger charge is -2.26. The number of amides is 1. The molecule has 0 spiro atoms. The molecule has 0 aromatic heterocycles. The monoisotopic (exact) mass is 703 g/mol. The summed E-state index contributed by atoms with van der Waals surface area (Å²) in [5, 5.41) is 2.73. The molecule has 1 amide bonds. The summed E-state index contributed by atoms with van der Waals surface area (Å²) in [6.07, 6.45) is -8.20. The Balaban J connectivity index is 1.83. The maximum absolute atomic E-state index is 13.2. The molecule has 6 nitrogen and oxygen atoms in total. The summed E-state index contributed by atoms with van der Waals surface area (Å²) in [6, 6.07) is 13.2. The minimum atomic E-state index is -4.70. The highest BCUT2D eigenvalue weighted by Gasteiger charge is 2.51. The van der Waals surface area contributed by atoms with Crippen LogP contribution in [0.1, 0.15) is 52.1 Å². The Kier molecular flexibility index (Phi) is 11.5. The zero-order valence-corrected chi connectivity index (χ0v) is 26.1. The fourth-order valence-electron chi connectivity index (χ4n) is 4.03. The molecular weight excluding hydrogens is 677 g/mol. The molecule has 0 radical (unpaired) electrons. The first-order valence-corrected chi connectivity index (χ1v) is 14.3. The van der Waals surface area contributed by atoms with Gasteiger partial charge in [-0.3, -0.25) is 14.4 Å². The Morgan fingerprint density at radius 2 is 1.59 bits per heavy atom. The standard InChI is InChI=1S/C31H28BrClF5NO5/c1-30(2,31(36,37)38)27(41)11-6-17-4-9-23(33)20(12-17)24(40)14-18-5-10-25(44-16-28(34)35)21(13-18)29(42)39-19-7-8-22(32)26(15-19)43-3/h4-5,7-10,12-13,15,28H,6,11,14,16H2,1-3H3,(H,39,42). The van der Waals surface area contributed by atoms with Crippen LogP contribution in [0.25, 0.3) is 0 Å². The summed E-state index contributed by atoms with van der Waals surface area (Å²) in [6.45, 7) is 0.677. The molecule has 3 rings (SSSR count). The summed E-state index contributed by atoms with van der Waals surface area (Å²) in [4.78, 5) is 38.7. The fourth-order valence-corrected chi connectivity index (χ4v) is 4.66. The van der Waals surface area contributed by atoms with Crippen LogP contribution in [0.3, 0.4) is 0 Å². The summed E-state index contributed by atoms with van der Waals surface area (Å²) in [7, 11) is 1.44. The van der Waals surface area contributed by atoms with Crippen molar-refractivity contribution in [2.45, 2.75) is 45.7 Å². The van der Waals surface area contributed by atoms with E-state index in [1.807, 2.05) is 0 Å². The molecular formula is C31H28BrClF5NO5. The van der Waals surface area contributed by atoms with Crippen LogP contribution in [0.5, 0.6) is 11.5 Å². The molecule has 0 heterocycles. The lowest BCUT2D eigenvalue weighted by molar-refractivity contribution is -0.210. The van der Waals surface area contributed by atoms with Gasteiger partial charge in [-0.2, -0.15) is 13.2 Å². The molecule has 0 bridgehead atoms. The van der Waals surface area contributed by atoms with Crippen LogP contribution in [0.2, 0.25) is 5.02 Å². The molecule has 0 aliphatic heterocycles. The van der Waals surface area contributed by atoms with Gasteiger partial charge in [0.05, 0.1) is 22.2 Å². The van der Waals surface area contributed by atoms with Crippen molar-refractivity contribution in [3.05, 3.63) is 86.3 Å². The number of halogens is 7. The van der Waals surface area contributed by atoms with Crippen molar-refractivity contribution in [1.82, 2.24) is 0 Å². The third-order valence-electron chi connectivity index (χ3n) is 6.80. The number of alkyl halides is 5. The van der Waals surface area contributed by atoms with Crippen molar-refractivity contribution in [3.8, 4) is 11.5 Å². The van der Waals surface area contributed by atoms with Crippen molar-refractivity contribution in [2.75, 3.05) is 19.0 Å². The van der Waals surface area contributed by atoms with Crippen LogP contribution < -0.4 is 14.8 Å². The van der Waals surface area contributed by atoms with E-state index >= 15 is 0 Å². The summed E-state index contributed by atoms with van der Waals surface area (Å²) in [5.74, 6) is -1.86. The predicted octanol–water partition coefficient (Wildman–Crippen LogP) is 8.52. The highest BCUT2D eigenvalue weighted by molar-refractivity contribution is 9.10. The molecule has 0 saturated carbocycles. The molecule has 236 valence electrons. The van der Waals surface area contributed by atoms with Gasteiger partial charge >= 0.3 is 6.18 Å². The second kappa shape index (κ2) is 14.5. The molecule has 44 heavy (non-hydrogen) atoms. The fraction of sp³-hybridized carbons (Fsp3) is 0.323. The van der Waals surface area contributed by atoms with Gasteiger partial charge in [-0.1, -0.05) is 23.7 Å². The van der Waals surface area contributed by atoms with E-state index in [-0.39, 0.29) is 34.7 Å². The van der Waals surface area contributed by atoms with E-state index in [4.69, 9.17) is 21.1 Å². The Morgan fingerprint density at radius 1 is 0.932 bits per heavy atom. The van der Waals surface area contributed by atoms with E-state index in [9.17, 15) is 36.3 Å². The first-order chi connectivity index (χ1) is 20.5. The molecule has 0 aliphatic rings. The van der Waals surface area contributed by atoms with Gasteiger partial charge in [0.15, 0.2) is 5.78 Å². The summed E-state index contributed by atoms with van der Waals surface area (Å²) >= 11 is 9.56. The molecule has 1 N–H and O–H groups in total. The van der Waals surface area contributed by atoms with Gasteiger partial charge in [0.25, 0.3) is 12.3 Å². The average molecular weight is 705 g/mol. The van der Waals surface area contributed by atoms with Crippen LogP contribution in [-0.2, 0) is 17.6 Å². The lowest BCUT2D eigenvalue weighted by Crippen LogP contribution is -2.39. The molecule has 0 saturated heterocycles. The Bertz CT molecular complexity index is 1540. The number of Topliss-reactive ketones (excluding diaryl/α,β-unsaturated/α-hetero) is 2. The van der Waals surface area contributed by atoms with Gasteiger partial charge in [0.1, 0.15) is 29.3 Å². The molecule has 3 aromatic rings. The van der Waals surface area contributed by atoms with Crippen molar-refractivity contribution in [3.63, 3.8) is 0 Å². The van der Waals surface area contributed by atoms with Crippen LogP contribution in [0, 0.1) is 5.41 Å². The number of benzene rings is 3. The van der Waals surface area contributed by atoms with E-state index in [1.165, 1.54) is 43.5 Å². The number of carbonyl (C=O) groups excluding carboxylic acids is 3. The van der Waals surface area contributed by atoms with Gasteiger partial charge in [-0.25, -0.2) is 8.78 Å².